The van der Waals surface area contributed by atoms with E-state index in [4.69, 9.17) is 0 Å². The zero-order chi connectivity index (χ0) is 15.0. The highest BCUT2D eigenvalue weighted by Gasteiger charge is 2.19. The zero-order valence-corrected chi connectivity index (χ0v) is 12.6. The number of anilines is 1. The predicted molar refractivity (Wildman–Crippen MR) is 80.5 cm³/mol. The number of amides is 1. The van der Waals surface area contributed by atoms with Crippen LogP contribution in [-0.4, -0.2) is 5.91 Å². The van der Waals surface area contributed by atoms with Crippen LogP contribution in [0.15, 0.2) is 34.8 Å². The number of aryl methyl sites for hydroxylation is 2. The molecular formula is C16H12BrF2NO. The van der Waals surface area contributed by atoms with Crippen molar-refractivity contribution in [1.29, 1.82) is 0 Å². The third-order valence-electron chi connectivity index (χ3n) is 3.59. The van der Waals surface area contributed by atoms with E-state index < -0.39 is 23.1 Å². The Bertz CT molecular complexity index is 707. The summed E-state index contributed by atoms with van der Waals surface area (Å²) in [6.45, 7) is 0. The van der Waals surface area contributed by atoms with Gasteiger partial charge >= 0.3 is 0 Å². The topological polar surface area (TPSA) is 29.1 Å². The largest absolute Gasteiger partial charge is 0.322 e. The molecule has 3 rings (SSSR count). The van der Waals surface area contributed by atoms with Crippen molar-refractivity contribution in [3.63, 3.8) is 0 Å². The number of carbonyl (C=O) groups excluding carboxylic acids is 1. The molecule has 0 radical (unpaired) electrons. The quantitative estimate of drug-likeness (QED) is 0.849. The van der Waals surface area contributed by atoms with E-state index in [1.807, 2.05) is 12.1 Å². The molecule has 1 aliphatic carbocycles. The first-order chi connectivity index (χ1) is 10.0. The van der Waals surface area contributed by atoms with E-state index >= 15 is 0 Å². The van der Waals surface area contributed by atoms with Crippen molar-refractivity contribution in [1.82, 2.24) is 0 Å². The molecule has 2 aromatic carbocycles. The average Bonchev–Trinajstić information content (AvgIpc) is 2.84. The summed E-state index contributed by atoms with van der Waals surface area (Å²) in [4.78, 5) is 12.1. The van der Waals surface area contributed by atoms with Gasteiger partial charge in [-0.1, -0.05) is 22.0 Å². The smallest absolute Gasteiger partial charge is 0.261 e. The van der Waals surface area contributed by atoms with Crippen LogP contribution >= 0.6 is 15.9 Å². The van der Waals surface area contributed by atoms with Gasteiger partial charge in [0.15, 0.2) is 0 Å². The normalized spacial score (nSPS) is 13.1. The van der Waals surface area contributed by atoms with Gasteiger partial charge in [-0.05, 0) is 54.7 Å². The molecule has 0 unspecified atom stereocenters. The maximum absolute atomic E-state index is 13.8. The van der Waals surface area contributed by atoms with Crippen molar-refractivity contribution >= 4 is 27.5 Å². The van der Waals surface area contributed by atoms with Gasteiger partial charge in [0, 0.05) is 10.2 Å². The van der Waals surface area contributed by atoms with Gasteiger partial charge in [0.2, 0.25) is 0 Å². The van der Waals surface area contributed by atoms with E-state index in [1.165, 1.54) is 11.1 Å². The average molecular weight is 352 g/mol. The van der Waals surface area contributed by atoms with Crippen LogP contribution in [0.3, 0.4) is 0 Å². The second-order valence-electron chi connectivity index (χ2n) is 5.04. The number of hydrogen-bond acceptors (Lipinski definition) is 1. The highest BCUT2D eigenvalue weighted by Crippen LogP contribution is 2.26. The lowest BCUT2D eigenvalue weighted by Crippen LogP contribution is -2.16. The first kappa shape index (κ1) is 14.2. The van der Waals surface area contributed by atoms with Crippen LogP contribution < -0.4 is 5.32 Å². The minimum atomic E-state index is -0.888. The molecule has 108 valence electrons. The second-order valence-corrected chi connectivity index (χ2v) is 5.95. The zero-order valence-electron chi connectivity index (χ0n) is 11.1. The van der Waals surface area contributed by atoms with Gasteiger partial charge in [-0.3, -0.25) is 4.79 Å². The number of hydrogen-bond donors (Lipinski definition) is 1. The fraction of sp³-hybridized carbons (Fsp3) is 0.188. The first-order valence-electron chi connectivity index (χ1n) is 6.62. The Morgan fingerprint density at radius 1 is 1.05 bits per heavy atom. The van der Waals surface area contributed by atoms with E-state index in [9.17, 15) is 13.6 Å². The number of nitrogens with one attached hydrogen (secondary N) is 1. The monoisotopic (exact) mass is 351 g/mol. The van der Waals surface area contributed by atoms with Crippen molar-refractivity contribution in [2.75, 3.05) is 5.32 Å². The molecule has 0 spiro atoms. The van der Waals surface area contributed by atoms with Crippen LogP contribution in [0.1, 0.15) is 27.9 Å². The highest BCUT2D eigenvalue weighted by molar-refractivity contribution is 9.10. The van der Waals surface area contributed by atoms with Crippen molar-refractivity contribution in [3.05, 3.63) is 63.1 Å². The summed E-state index contributed by atoms with van der Waals surface area (Å²) in [5, 5.41) is 2.55. The summed E-state index contributed by atoms with van der Waals surface area (Å²) in [6, 6.07) is 7.72. The standard InChI is InChI=1S/C16H12BrF2NO/c17-11-7-13(18)15(14(19)8-11)16(21)20-12-5-4-9-2-1-3-10(9)6-12/h4-8H,1-3H2,(H,20,21). The molecule has 0 fully saturated rings. The van der Waals surface area contributed by atoms with Crippen LogP contribution in [0, 0.1) is 11.6 Å². The van der Waals surface area contributed by atoms with E-state index in [1.54, 1.807) is 6.07 Å². The lowest BCUT2D eigenvalue weighted by atomic mass is 10.1. The molecule has 0 aliphatic heterocycles. The molecule has 0 aromatic heterocycles. The van der Waals surface area contributed by atoms with Crippen LogP contribution in [0.2, 0.25) is 0 Å². The van der Waals surface area contributed by atoms with Crippen molar-refractivity contribution in [3.8, 4) is 0 Å². The van der Waals surface area contributed by atoms with Crippen molar-refractivity contribution in [2.24, 2.45) is 0 Å². The fourth-order valence-corrected chi connectivity index (χ4v) is 3.00. The molecule has 0 bridgehead atoms. The maximum Gasteiger partial charge on any atom is 0.261 e. The Kier molecular flexibility index (Phi) is 3.76. The van der Waals surface area contributed by atoms with Gasteiger partial charge in [-0.15, -0.1) is 0 Å². The highest BCUT2D eigenvalue weighted by atomic mass is 79.9. The van der Waals surface area contributed by atoms with Gasteiger partial charge in [0.1, 0.15) is 17.2 Å². The summed E-state index contributed by atoms with van der Waals surface area (Å²) in [6.07, 6.45) is 3.11. The first-order valence-corrected chi connectivity index (χ1v) is 7.41. The molecule has 1 N–H and O–H groups in total. The van der Waals surface area contributed by atoms with E-state index in [2.05, 4.69) is 21.2 Å². The molecule has 0 atom stereocenters. The molecule has 1 aliphatic rings. The molecule has 1 amide bonds. The molecule has 2 aromatic rings. The lowest BCUT2D eigenvalue weighted by Gasteiger charge is -2.09. The number of rotatable bonds is 2. The summed E-state index contributed by atoms with van der Waals surface area (Å²) in [5.41, 5.74) is 2.44. The van der Waals surface area contributed by atoms with Crippen molar-refractivity contribution < 1.29 is 13.6 Å². The molecule has 0 heterocycles. The SMILES string of the molecule is O=C(Nc1ccc2c(c1)CCC2)c1c(F)cc(Br)cc1F. The van der Waals surface area contributed by atoms with E-state index in [0.29, 0.717) is 5.69 Å². The van der Waals surface area contributed by atoms with E-state index in [-0.39, 0.29) is 4.47 Å². The van der Waals surface area contributed by atoms with Crippen LogP contribution in [0.4, 0.5) is 14.5 Å². The van der Waals surface area contributed by atoms with Gasteiger partial charge in [0.05, 0.1) is 0 Å². The Balaban J connectivity index is 1.87. The minimum Gasteiger partial charge on any atom is -0.322 e. The maximum atomic E-state index is 13.8. The van der Waals surface area contributed by atoms with Crippen LogP contribution in [0.25, 0.3) is 0 Å². The van der Waals surface area contributed by atoms with Gasteiger partial charge in [-0.2, -0.15) is 0 Å². The molecule has 5 heteroatoms. The van der Waals surface area contributed by atoms with Crippen LogP contribution in [0.5, 0.6) is 0 Å². The number of fused-ring (bicyclic) bond motifs is 1. The molecule has 0 saturated carbocycles. The number of carbonyl (C=O) groups is 1. The van der Waals surface area contributed by atoms with Crippen LogP contribution in [-0.2, 0) is 12.8 Å². The van der Waals surface area contributed by atoms with Gasteiger partial charge in [-0.25, -0.2) is 8.78 Å². The third-order valence-corrected chi connectivity index (χ3v) is 4.05. The third kappa shape index (κ3) is 2.83. The van der Waals surface area contributed by atoms with Gasteiger partial charge < -0.3 is 5.32 Å². The Morgan fingerprint density at radius 2 is 1.71 bits per heavy atom. The summed E-state index contributed by atoms with van der Waals surface area (Å²) in [7, 11) is 0. The van der Waals surface area contributed by atoms with E-state index in [0.717, 1.165) is 31.4 Å². The minimum absolute atomic E-state index is 0.256. The van der Waals surface area contributed by atoms with Crippen molar-refractivity contribution in [2.45, 2.75) is 19.3 Å². The van der Waals surface area contributed by atoms with Gasteiger partial charge in [0.25, 0.3) is 5.91 Å². The predicted octanol–water partition coefficient (Wildman–Crippen LogP) is 4.47. The molecular weight excluding hydrogens is 340 g/mol. The Hall–Kier alpha value is -1.75. The number of halogens is 3. The summed E-state index contributed by atoms with van der Waals surface area (Å²) < 4.78 is 27.8. The summed E-state index contributed by atoms with van der Waals surface area (Å²) >= 11 is 2.99. The molecule has 21 heavy (non-hydrogen) atoms. The molecule has 0 saturated heterocycles. The lowest BCUT2D eigenvalue weighted by molar-refractivity contribution is 0.101. The number of benzene rings is 2. The Morgan fingerprint density at radius 3 is 2.43 bits per heavy atom. The Labute approximate surface area is 129 Å². The fourth-order valence-electron chi connectivity index (χ4n) is 2.60. The molecule has 2 nitrogen and oxygen atoms in total. The summed E-state index contributed by atoms with van der Waals surface area (Å²) in [5.74, 6) is -2.56. The second kappa shape index (κ2) is 5.56.